The highest BCUT2D eigenvalue weighted by Crippen LogP contribution is 2.42. The van der Waals surface area contributed by atoms with E-state index in [9.17, 15) is 19.8 Å². The molecule has 2 heterocycles. The molecule has 2 saturated heterocycles. The van der Waals surface area contributed by atoms with E-state index in [1.807, 2.05) is 9.80 Å². The number of phenols is 2. The predicted molar refractivity (Wildman–Crippen MR) is 133 cm³/mol. The van der Waals surface area contributed by atoms with Crippen molar-refractivity contribution in [3.05, 3.63) is 71.8 Å². The number of aromatic hydroxyl groups is 2. The lowest BCUT2D eigenvalue weighted by Crippen LogP contribution is -2.39. The Kier molecular flexibility index (Phi) is 6.50. The zero-order valence-electron chi connectivity index (χ0n) is 19.7. The Bertz CT molecular complexity index is 1140. The second kappa shape index (κ2) is 9.75. The number of rotatable bonds is 8. The number of nitrogens with one attached hydrogen (secondary N) is 2. The molecule has 2 aromatic rings. The van der Waals surface area contributed by atoms with Gasteiger partial charge in [-0.05, 0) is 24.3 Å². The highest BCUT2D eigenvalue weighted by molar-refractivity contribution is 6.33. The number of hydrogen-bond donors (Lipinski definition) is 4. The van der Waals surface area contributed by atoms with E-state index >= 15 is 0 Å². The van der Waals surface area contributed by atoms with Crippen LogP contribution in [-0.4, -0.2) is 83.7 Å². The van der Waals surface area contributed by atoms with Crippen LogP contribution in [-0.2, 0) is 9.47 Å². The van der Waals surface area contributed by atoms with Crippen LogP contribution < -0.4 is 10.6 Å². The molecule has 1 aliphatic carbocycles. The number of hydrogen-bond acceptors (Lipinski definition) is 10. The summed E-state index contributed by atoms with van der Waals surface area (Å²) in [4.78, 5) is 31.6. The van der Waals surface area contributed by atoms with Gasteiger partial charge in [0.15, 0.2) is 0 Å². The largest absolute Gasteiger partial charge is 0.507 e. The van der Waals surface area contributed by atoms with Crippen LogP contribution >= 0.6 is 0 Å². The number of ketones is 2. The quantitative estimate of drug-likeness (QED) is 0.275. The maximum atomic E-state index is 13.8. The number of ether oxygens (including phenoxy) is 2. The first-order valence-corrected chi connectivity index (χ1v) is 11.7. The van der Waals surface area contributed by atoms with Crippen LogP contribution in [0, 0.1) is 0 Å². The van der Waals surface area contributed by atoms with Crippen LogP contribution in [0.1, 0.15) is 31.8 Å². The van der Waals surface area contributed by atoms with Crippen molar-refractivity contribution in [3.8, 4) is 11.5 Å². The molecule has 2 unspecified atom stereocenters. The summed E-state index contributed by atoms with van der Waals surface area (Å²) in [5.41, 5.74) is 0.565. The van der Waals surface area contributed by atoms with Crippen LogP contribution in [0.3, 0.4) is 0 Å². The first-order chi connectivity index (χ1) is 17.4. The molecule has 5 rings (SSSR count). The highest BCUT2D eigenvalue weighted by atomic mass is 16.5. The van der Waals surface area contributed by atoms with E-state index in [0.717, 1.165) is 0 Å². The van der Waals surface area contributed by atoms with Crippen LogP contribution in [0.4, 0.5) is 11.4 Å². The molecule has 3 aliphatic rings. The van der Waals surface area contributed by atoms with Gasteiger partial charge in [-0.3, -0.25) is 19.4 Å². The van der Waals surface area contributed by atoms with Crippen molar-refractivity contribution < 1.29 is 29.3 Å². The van der Waals surface area contributed by atoms with Crippen molar-refractivity contribution >= 4 is 22.9 Å². The summed E-state index contributed by atoms with van der Waals surface area (Å²) in [6, 6.07) is 5.83. The molecule has 188 valence electrons. The average molecular weight is 493 g/mol. The molecule has 2 atom stereocenters. The predicted octanol–water partition coefficient (Wildman–Crippen LogP) is 2.30. The maximum absolute atomic E-state index is 13.8. The topological polar surface area (TPSA) is 124 Å². The van der Waals surface area contributed by atoms with Gasteiger partial charge >= 0.3 is 0 Å². The number of carbonyl (C=O) groups is 2. The van der Waals surface area contributed by atoms with Crippen LogP contribution in [0.5, 0.6) is 11.5 Å². The van der Waals surface area contributed by atoms with E-state index in [0.29, 0.717) is 51.1 Å². The van der Waals surface area contributed by atoms with Gasteiger partial charge in [-0.15, -0.1) is 0 Å². The lowest BCUT2D eigenvalue weighted by atomic mass is 9.81. The first kappa shape index (κ1) is 24.0. The third-order valence-corrected chi connectivity index (χ3v) is 6.67. The standard InChI is InChI=1S/C26H28N4O6/c1-3-19(29-9-11-35-13-29)27-15-5-6-16(28-20(4-2)30-10-12-36-14-30)22-21(15)25(33)23-17(31)7-8-18(32)24(23)26(22)34/h3-8,19-20,27-28,31-32H,1-2,9-14H2. The number of benzene rings is 2. The van der Waals surface area contributed by atoms with E-state index in [2.05, 4.69) is 23.8 Å². The molecular formula is C26H28N4O6. The number of nitrogens with zero attached hydrogens (tertiary/aromatic N) is 2. The Morgan fingerprint density at radius 1 is 0.750 bits per heavy atom. The van der Waals surface area contributed by atoms with Gasteiger partial charge in [0.2, 0.25) is 11.6 Å². The summed E-state index contributed by atoms with van der Waals surface area (Å²) in [6.45, 7) is 11.1. The Hall–Kier alpha value is -3.70. The molecule has 0 bridgehead atoms. The summed E-state index contributed by atoms with van der Waals surface area (Å²) >= 11 is 0. The lowest BCUT2D eigenvalue weighted by Gasteiger charge is -2.31. The van der Waals surface area contributed by atoms with Crippen molar-refractivity contribution in [1.82, 2.24) is 9.80 Å². The van der Waals surface area contributed by atoms with E-state index in [1.54, 1.807) is 24.3 Å². The molecule has 0 amide bonds. The molecule has 0 saturated carbocycles. The third kappa shape index (κ3) is 4.03. The normalized spacial score (nSPS) is 19.4. The maximum Gasteiger partial charge on any atom is 0.200 e. The Morgan fingerprint density at radius 3 is 1.50 bits per heavy atom. The summed E-state index contributed by atoms with van der Waals surface area (Å²) in [5, 5.41) is 27.6. The summed E-state index contributed by atoms with van der Waals surface area (Å²) in [6.07, 6.45) is 2.67. The Balaban J connectivity index is 1.63. The lowest BCUT2D eigenvalue weighted by molar-refractivity contribution is 0.0974. The van der Waals surface area contributed by atoms with Crippen molar-refractivity contribution in [2.24, 2.45) is 0 Å². The molecule has 0 aromatic heterocycles. The number of phenolic OH excluding ortho intramolecular Hbond substituents is 2. The van der Waals surface area contributed by atoms with Crippen molar-refractivity contribution in [2.75, 3.05) is 50.4 Å². The molecule has 10 nitrogen and oxygen atoms in total. The second-order valence-corrected chi connectivity index (χ2v) is 8.77. The van der Waals surface area contributed by atoms with Crippen molar-refractivity contribution in [2.45, 2.75) is 12.3 Å². The average Bonchev–Trinajstić information content (AvgIpc) is 3.61. The monoisotopic (exact) mass is 492 g/mol. The molecule has 0 radical (unpaired) electrons. The smallest absolute Gasteiger partial charge is 0.200 e. The van der Waals surface area contributed by atoms with Gasteiger partial charge in [0, 0.05) is 24.5 Å². The van der Waals surface area contributed by atoms with Gasteiger partial charge in [-0.1, -0.05) is 25.3 Å². The molecule has 10 heteroatoms. The zero-order chi connectivity index (χ0) is 25.4. The summed E-state index contributed by atoms with van der Waals surface area (Å²) < 4.78 is 10.9. The van der Waals surface area contributed by atoms with Gasteiger partial charge in [0.05, 0.1) is 35.5 Å². The zero-order valence-corrected chi connectivity index (χ0v) is 19.7. The summed E-state index contributed by atoms with van der Waals surface area (Å²) in [7, 11) is 0. The van der Waals surface area contributed by atoms with Crippen LogP contribution in [0.15, 0.2) is 49.6 Å². The van der Waals surface area contributed by atoms with E-state index < -0.39 is 11.6 Å². The minimum atomic E-state index is -0.570. The first-order valence-electron chi connectivity index (χ1n) is 11.7. The second-order valence-electron chi connectivity index (χ2n) is 8.77. The van der Waals surface area contributed by atoms with Gasteiger partial charge < -0.3 is 30.3 Å². The van der Waals surface area contributed by atoms with E-state index in [-0.39, 0.29) is 46.1 Å². The Labute approximate surface area is 208 Å². The van der Waals surface area contributed by atoms with E-state index in [4.69, 9.17) is 9.47 Å². The molecular weight excluding hydrogens is 464 g/mol. The molecule has 0 spiro atoms. The molecule has 4 N–H and O–H groups in total. The van der Waals surface area contributed by atoms with Gasteiger partial charge in [0.25, 0.3) is 0 Å². The number of carbonyl (C=O) groups excluding carboxylic acids is 2. The van der Waals surface area contributed by atoms with Gasteiger partial charge in [-0.2, -0.15) is 0 Å². The van der Waals surface area contributed by atoms with Crippen LogP contribution in [0.2, 0.25) is 0 Å². The minimum absolute atomic E-state index is 0.103. The summed E-state index contributed by atoms with van der Waals surface area (Å²) in [5.74, 6) is -1.89. The molecule has 2 aromatic carbocycles. The SMILES string of the molecule is C=CC(Nc1ccc(NC(C=C)N2CCOC2)c2c1C(=O)c1c(O)ccc(O)c1C2=O)N1CCOC1. The fourth-order valence-corrected chi connectivity index (χ4v) is 4.82. The fraction of sp³-hybridized carbons (Fsp3) is 0.308. The minimum Gasteiger partial charge on any atom is -0.507 e. The molecule has 2 aliphatic heterocycles. The highest BCUT2D eigenvalue weighted by Gasteiger charge is 2.39. The Morgan fingerprint density at radius 2 is 1.17 bits per heavy atom. The van der Waals surface area contributed by atoms with Gasteiger partial charge in [0.1, 0.15) is 37.3 Å². The van der Waals surface area contributed by atoms with Crippen LogP contribution in [0.25, 0.3) is 0 Å². The van der Waals surface area contributed by atoms with Gasteiger partial charge in [-0.25, -0.2) is 0 Å². The van der Waals surface area contributed by atoms with Crippen molar-refractivity contribution in [1.29, 1.82) is 0 Å². The molecule has 2 fully saturated rings. The number of fused-ring (bicyclic) bond motifs is 2. The van der Waals surface area contributed by atoms with E-state index in [1.165, 1.54) is 12.1 Å². The third-order valence-electron chi connectivity index (χ3n) is 6.67. The number of anilines is 2. The van der Waals surface area contributed by atoms with Crippen molar-refractivity contribution in [3.63, 3.8) is 0 Å². The molecule has 36 heavy (non-hydrogen) atoms. The fourth-order valence-electron chi connectivity index (χ4n) is 4.82.